The Hall–Kier alpha value is -2.49. The van der Waals surface area contributed by atoms with Gasteiger partial charge in [0, 0.05) is 12.0 Å². The molecule has 4 nitrogen and oxygen atoms in total. The topological polar surface area (TPSA) is 51.0 Å². The van der Waals surface area contributed by atoms with Gasteiger partial charge in [-0.3, -0.25) is 4.79 Å². The van der Waals surface area contributed by atoms with Gasteiger partial charge >= 0.3 is 0 Å². The van der Waals surface area contributed by atoms with Crippen molar-refractivity contribution in [2.24, 2.45) is 10.2 Å². The number of hydrogen-bond acceptors (Lipinski definition) is 3. The maximum Gasteiger partial charge on any atom is 0.295 e. The molecule has 2 aromatic carbocycles. The number of azo groups is 1. The highest BCUT2D eigenvalue weighted by Gasteiger charge is 2.23. The van der Waals surface area contributed by atoms with E-state index < -0.39 is 0 Å². The zero-order chi connectivity index (χ0) is 13.9. The van der Waals surface area contributed by atoms with Crippen LogP contribution in [-0.2, 0) is 6.42 Å². The molecule has 0 N–H and O–H groups in total. The van der Waals surface area contributed by atoms with Gasteiger partial charge in [-0.25, -0.2) is 0 Å². The van der Waals surface area contributed by atoms with Gasteiger partial charge in [0.05, 0.1) is 7.11 Å². The summed E-state index contributed by atoms with van der Waals surface area (Å²) in [6.07, 6.45) is 0.720. The van der Waals surface area contributed by atoms with Gasteiger partial charge in [0.25, 0.3) is 5.91 Å². The number of nitrogens with zero attached hydrogens (tertiary/aromatic N) is 2. The van der Waals surface area contributed by atoms with E-state index >= 15 is 0 Å². The summed E-state index contributed by atoms with van der Waals surface area (Å²) < 4.78 is 5.14. The first-order valence-corrected chi connectivity index (χ1v) is 6.45. The molecule has 0 bridgehead atoms. The van der Waals surface area contributed by atoms with Crippen molar-refractivity contribution >= 4 is 5.91 Å². The molecular weight excluding hydrogens is 252 g/mol. The molecule has 1 aliphatic rings. The summed E-state index contributed by atoms with van der Waals surface area (Å²) in [6, 6.07) is 15.3. The molecule has 1 aliphatic heterocycles. The molecule has 0 spiro atoms. The van der Waals surface area contributed by atoms with Crippen LogP contribution in [0.15, 0.2) is 58.8 Å². The zero-order valence-electron chi connectivity index (χ0n) is 11.1. The maximum absolute atomic E-state index is 11.7. The van der Waals surface area contributed by atoms with Crippen LogP contribution < -0.4 is 4.74 Å². The van der Waals surface area contributed by atoms with Gasteiger partial charge in [0.15, 0.2) is 0 Å². The van der Waals surface area contributed by atoms with Gasteiger partial charge in [-0.1, -0.05) is 30.3 Å². The summed E-state index contributed by atoms with van der Waals surface area (Å²) in [5.41, 5.74) is 2.74. The largest absolute Gasteiger partial charge is 0.497 e. The Morgan fingerprint density at radius 3 is 2.60 bits per heavy atom. The number of carbonyl (C=O) groups excluding carboxylic acids is 1. The van der Waals surface area contributed by atoms with Crippen molar-refractivity contribution in [1.29, 1.82) is 0 Å². The predicted octanol–water partition coefficient (Wildman–Crippen LogP) is 3.59. The van der Waals surface area contributed by atoms with E-state index in [1.165, 1.54) is 0 Å². The SMILES string of the molecule is COc1ccc(CC2N=NC(=O)c3ccccc32)cc1. The molecule has 0 radical (unpaired) electrons. The molecule has 20 heavy (non-hydrogen) atoms. The lowest BCUT2D eigenvalue weighted by Gasteiger charge is -2.18. The molecule has 0 aliphatic carbocycles. The predicted molar refractivity (Wildman–Crippen MR) is 75.1 cm³/mol. The van der Waals surface area contributed by atoms with E-state index in [9.17, 15) is 4.79 Å². The van der Waals surface area contributed by atoms with E-state index in [2.05, 4.69) is 10.2 Å². The third-order valence-corrected chi connectivity index (χ3v) is 3.43. The first kappa shape index (κ1) is 12.5. The van der Waals surface area contributed by atoms with Crippen LogP contribution in [0.1, 0.15) is 27.5 Å². The second-order valence-corrected chi connectivity index (χ2v) is 4.68. The van der Waals surface area contributed by atoms with Gasteiger partial charge < -0.3 is 4.74 Å². The van der Waals surface area contributed by atoms with E-state index in [-0.39, 0.29) is 11.9 Å². The summed E-state index contributed by atoms with van der Waals surface area (Å²) in [4.78, 5) is 11.7. The molecule has 0 aromatic heterocycles. The lowest BCUT2D eigenvalue weighted by atomic mass is 9.94. The number of ether oxygens (including phenoxy) is 1. The Morgan fingerprint density at radius 2 is 1.85 bits per heavy atom. The second-order valence-electron chi connectivity index (χ2n) is 4.68. The van der Waals surface area contributed by atoms with Gasteiger partial charge in [-0.15, -0.1) is 5.11 Å². The smallest absolute Gasteiger partial charge is 0.295 e. The van der Waals surface area contributed by atoms with Crippen LogP contribution in [-0.4, -0.2) is 13.0 Å². The highest BCUT2D eigenvalue weighted by atomic mass is 16.5. The Balaban J connectivity index is 1.87. The van der Waals surface area contributed by atoms with Crippen LogP contribution in [0.4, 0.5) is 0 Å². The average Bonchev–Trinajstić information content (AvgIpc) is 2.51. The summed E-state index contributed by atoms with van der Waals surface area (Å²) in [5, 5.41) is 7.88. The van der Waals surface area contributed by atoms with Crippen LogP contribution in [0.5, 0.6) is 5.75 Å². The van der Waals surface area contributed by atoms with Crippen LogP contribution in [0.3, 0.4) is 0 Å². The monoisotopic (exact) mass is 266 g/mol. The van der Waals surface area contributed by atoms with Gasteiger partial charge in [0.2, 0.25) is 0 Å². The van der Waals surface area contributed by atoms with Gasteiger partial charge in [-0.2, -0.15) is 5.11 Å². The molecule has 0 saturated carbocycles. The third-order valence-electron chi connectivity index (χ3n) is 3.43. The number of hydrogen-bond donors (Lipinski definition) is 0. The van der Waals surface area contributed by atoms with Gasteiger partial charge in [0.1, 0.15) is 11.8 Å². The minimum Gasteiger partial charge on any atom is -0.497 e. The molecule has 2 aromatic rings. The van der Waals surface area contributed by atoms with E-state index in [0.717, 1.165) is 23.3 Å². The molecule has 1 unspecified atom stereocenters. The number of fused-ring (bicyclic) bond motifs is 1. The Morgan fingerprint density at radius 1 is 1.10 bits per heavy atom. The van der Waals surface area contributed by atoms with Crippen molar-refractivity contribution in [2.75, 3.05) is 7.11 Å². The van der Waals surface area contributed by atoms with Crippen LogP contribution in [0, 0.1) is 0 Å². The Labute approximate surface area is 117 Å². The van der Waals surface area contributed by atoms with Gasteiger partial charge in [-0.05, 0) is 29.3 Å². The zero-order valence-corrected chi connectivity index (χ0v) is 11.1. The van der Waals surface area contributed by atoms with Crippen molar-refractivity contribution in [2.45, 2.75) is 12.5 Å². The van der Waals surface area contributed by atoms with Crippen LogP contribution >= 0.6 is 0 Å². The highest BCUT2D eigenvalue weighted by molar-refractivity contribution is 5.96. The maximum atomic E-state index is 11.7. The molecule has 1 amide bonds. The van der Waals surface area contributed by atoms with E-state index in [1.807, 2.05) is 42.5 Å². The van der Waals surface area contributed by atoms with Crippen molar-refractivity contribution in [1.82, 2.24) is 0 Å². The molecule has 1 heterocycles. The molecular formula is C16H14N2O2. The molecule has 0 saturated heterocycles. The lowest BCUT2D eigenvalue weighted by molar-refractivity contribution is 0.0984. The summed E-state index contributed by atoms with van der Waals surface area (Å²) in [6.45, 7) is 0. The number of carbonyl (C=O) groups is 1. The molecule has 3 rings (SSSR count). The fourth-order valence-corrected chi connectivity index (χ4v) is 2.36. The average molecular weight is 266 g/mol. The standard InChI is InChI=1S/C16H14N2O2/c1-20-12-8-6-11(7-9-12)10-15-13-4-2-3-5-14(13)16(19)18-17-15/h2-9,15H,10H2,1H3. The first-order valence-electron chi connectivity index (χ1n) is 6.45. The van der Waals surface area contributed by atoms with E-state index in [4.69, 9.17) is 4.74 Å². The minimum absolute atomic E-state index is 0.0997. The van der Waals surface area contributed by atoms with Crippen molar-refractivity contribution < 1.29 is 9.53 Å². The van der Waals surface area contributed by atoms with Crippen LogP contribution in [0.2, 0.25) is 0 Å². The molecule has 4 heteroatoms. The third kappa shape index (κ3) is 2.32. The quantitative estimate of drug-likeness (QED) is 0.852. The normalized spacial score (nSPS) is 16.9. The fraction of sp³-hybridized carbons (Fsp3) is 0.188. The second kappa shape index (κ2) is 5.25. The number of rotatable bonds is 3. The number of amides is 1. The summed E-state index contributed by atoms with van der Waals surface area (Å²) in [7, 11) is 1.65. The Bertz CT molecular complexity index is 662. The van der Waals surface area contributed by atoms with E-state index in [1.54, 1.807) is 13.2 Å². The fourth-order valence-electron chi connectivity index (χ4n) is 2.36. The summed E-state index contributed by atoms with van der Waals surface area (Å²) in [5.74, 6) is 0.571. The highest BCUT2D eigenvalue weighted by Crippen LogP contribution is 2.30. The Kier molecular flexibility index (Phi) is 3.29. The van der Waals surface area contributed by atoms with Crippen molar-refractivity contribution in [3.63, 3.8) is 0 Å². The number of benzene rings is 2. The molecule has 1 atom stereocenters. The van der Waals surface area contributed by atoms with E-state index in [0.29, 0.717) is 5.56 Å². The molecule has 0 fully saturated rings. The molecule has 100 valence electrons. The van der Waals surface area contributed by atoms with Crippen LogP contribution in [0.25, 0.3) is 0 Å². The van der Waals surface area contributed by atoms with Crippen molar-refractivity contribution in [3.05, 3.63) is 65.2 Å². The lowest BCUT2D eigenvalue weighted by Crippen LogP contribution is -2.11. The van der Waals surface area contributed by atoms with Crippen molar-refractivity contribution in [3.8, 4) is 5.75 Å². The minimum atomic E-state index is -0.258. The first-order chi connectivity index (χ1) is 9.78. The summed E-state index contributed by atoms with van der Waals surface area (Å²) >= 11 is 0. The number of methoxy groups -OCH3 is 1.